The zero-order valence-electron chi connectivity index (χ0n) is 19.6. The first kappa shape index (κ1) is 24.3. The molecular weight excluding hydrogens is 484 g/mol. The lowest BCUT2D eigenvalue weighted by molar-refractivity contribution is -0.116. The van der Waals surface area contributed by atoms with Gasteiger partial charge in [0.2, 0.25) is 5.91 Å². The highest BCUT2D eigenvalue weighted by Crippen LogP contribution is 2.33. The van der Waals surface area contributed by atoms with Gasteiger partial charge in [0.25, 0.3) is 0 Å². The molecule has 0 aliphatic carbocycles. The molecule has 6 aromatic heterocycles. The summed E-state index contributed by atoms with van der Waals surface area (Å²) >= 11 is 1.65. The number of nitrogens with zero attached hydrogens (tertiary/aromatic N) is 5. The number of H-pyrrole nitrogens is 2. The smallest absolute Gasteiger partial charge is 0.224 e. The molecule has 0 saturated heterocycles. The van der Waals surface area contributed by atoms with Crippen molar-refractivity contribution in [2.24, 2.45) is 5.92 Å². The molecule has 0 aliphatic rings. The molecule has 0 atom stereocenters. The summed E-state index contributed by atoms with van der Waals surface area (Å²) in [5, 5.41) is 13.2. The van der Waals surface area contributed by atoms with Crippen LogP contribution in [0.5, 0.6) is 0 Å². The number of rotatable bonds is 6. The molecule has 0 fully saturated rings. The summed E-state index contributed by atoms with van der Waals surface area (Å²) in [7, 11) is 0. The highest BCUT2D eigenvalue weighted by atomic mass is 32.1. The molecule has 1 amide bonds. The van der Waals surface area contributed by atoms with Gasteiger partial charge >= 0.3 is 0 Å². The fourth-order valence-electron chi connectivity index (χ4n) is 4.15. The van der Waals surface area contributed by atoms with Crippen molar-refractivity contribution in [3.63, 3.8) is 0 Å². The van der Waals surface area contributed by atoms with E-state index in [2.05, 4.69) is 41.5 Å². The number of anilines is 1. The monoisotopic (exact) mass is 510 g/mol. The fraction of sp³-hybridized carbons (Fsp3) is 0.185. The molecule has 0 unspecified atom stereocenters. The number of imidazole rings is 1. The summed E-state index contributed by atoms with van der Waals surface area (Å²) in [5.74, 6) is 0.906. The molecule has 9 nitrogen and oxygen atoms in total. The predicted octanol–water partition coefficient (Wildman–Crippen LogP) is 6.31. The Bertz CT molecular complexity index is 1700. The minimum Gasteiger partial charge on any atom is -0.335 e. The summed E-state index contributed by atoms with van der Waals surface area (Å²) in [6.45, 7) is 4.03. The maximum absolute atomic E-state index is 12.2. The number of hydrogen-bond acceptors (Lipinski definition) is 7. The first-order valence-corrected chi connectivity index (χ1v) is 12.4. The Labute approximate surface area is 217 Å². The van der Waals surface area contributed by atoms with Gasteiger partial charge in [0, 0.05) is 46.6 Å². The normalized spacial score (nSPS) is 11.2. The van der Waals surface area contributed by atoms with E-state index in [1.54, 1.807) is 36.1 Å². The van der Waals surface area contributed by atoms with Crippen LogP contribution in [0.1, 0.15) is 27.7 Å². The van der Waals surface area contributed by atoms with Gasteiger partial charge in [-0.15, -0.1) is 11.3 Å². The third-order valence-corrected chi connectivity index (χ3v) is 6.68. The van der Waals surface area contributed by atoms with Crippen molar-refractivity contribution in [2.75, 3.05) is 5.32 Å². The Morgan fingerprint density at radius 3 is 2.73 bits per heavy atom. The van der Waals surface area contributed by atoms with Crippen LogP contribution in [0, 0.1) is 5.92 Å². The maximum atomic E-state index is 12.2. The largest absolute Gasteiger partial charge is 0.335 e. The van der Waals surface area contributed by atoms with Gasteiger partial charge in [0.15, 0.2) is 11.5 Å². The van der Waals surface area contributed by atoms with Crippen molar-refractivity contribution in [3.05, 3.63) is 60.6 Å². The Hall–Kier alpha value is -4.44. The molecule has 10 heteroatoms. The van der Waals surface area contributed by atoms with Crippen LogP contribution < -0.4 is 5.32 Å². The van der Waals surface area contributed by atoms with Gasteiger partial charge in [0.05, 0.1) is 29.0 Å². The third-order valence-electron chi connectivity index (χ3n) is 5.78. The number of thiophene rings is 1. The van der Waals surface area contributed by atoms with Crippen molar-refractivity contribution in [1.82, 2.24) is 35.1 Å². The standard InChI is InChI=1S/C26H22N8OS.CH4/c1-14(2)6-22(35)30-17-7-15(9-27-11-17)16-8-18-24(33-34-25(18)29-10-16)26-31-20-13-28-12-19(23(20)32-26)21-4-3-5-36-21;/h3-5,7-14H,6H2,1-2H3,(H,30,35)(H,31,32)(H,29,33,34);1H4. The van der Waals surface area contributed by atoms with E-state index in [0.717, 1.165) is 43.7 Å². The SMILES string of the molecule is C.CC(C)CC(=O)Nc1cncc(-c2cnc3n[nH]c(-c4nc5c(-c6cccs6)cncc5[nH]4)c3c2)c1. The molecule has 0 saturated carbocycles. The van der Waals surface area contributed by atoms with Crippen LogP contribution in [0.25, 0.3) is 55.2 Å². The fourth-order valence-corrected chi connectivity index (χ4v) is 4.89. The second-order valence-corrected chi connectivity index (χ2v) is 9.90. The van der Waals surface area contributed by atoms with E-state index in [0.29, 0.717) is 23.6 Å². The molecule has 0 aromatic carbocycles. The Morgan fingerprint density at radius 1 is 1.08 bits per heavy atom. The molecule has 3 N–H and O–H groups in total. The summed E-state index contributed by atoms with van der Waals surface area (Å²) in [6, 6.07) is 7.98. The number of aromatic nitrogens is 7. The lowest BCUT2D eigenvalue weighted by atomic mass is 10.1. The zero-order valence-corrected chi connectivity index (χ0v) is 20.4. The van der Waals surface area contributed by atoms with E-state index in [1.807, 2.05) is 43.6 Å². The van der Waals surface area contributed by atoms with Crippen molar-refractivity contribution in [1.29, 1.82) is 0 Å². The van der Waals surface area contributed by atoms with Crippen LogP contribution in [0.2, 0.25) is 0 Å². The van der Waals surface area contributed by atoms with Gasteiger partial charge in [-0.1, -0.05) is 27.3 Å². The Kier molecular flexibility index (Phi) is 6.49. The highest BCUT2D eigenvalue weighted by Gasteiger charge is 2.17. The van der Waals surface area contributed by atoms with Gasteiger partial charge < -0.3 is 10.3 Å². The average Bonchev–Trinajstić information content (AvgIpc) is 3.62. The number of hydrogen-bond donors (Lipinski definition) is 3. The number of carbonyl (C=O) groups excluding carboxylic acids is 1. The van der Waals surface area contributed by atoms with E-state index >= 15 is 0 Å². The molecule has 6 heterocycles. The Morgan fingerprint density at radius 2 is 1.92 bits per heavy atom. The maximum Gasteiger partial charge on any atom is 0.224 e. The van der Waals surface area contributed by atoms with Crippen molar-refractivity contribution >= 4 is 45.0 Å². The van der Waals surface area contributed by atoms with Crippen LogP contribution in [0.4, 0.5) is 5.69 Å². The Balaban J connectivity index is 0.00000280. The van der Waals surface area contributed by atoms with Crippen LogP contribution in [0.3, 0.4) is 0 Å². The van der Waals surface area contributed by atoms with Crippen LogP contribution in [0.15, 0.2) is 60.6 Å². The molecule has 186 valence electrons. The molecular formula is C27H26N8OS. The van der Waals surface area contributed by atoms with Gasteiger partial charge in [-0.05, 0) is 29.5 Å². The molecule has 6 aromatic rings. The van der Waals surface area contributed by atoms with E-state index in [9.17, 15) is 4.79 Å². The molecule has 0 aliphatic heterocycles. The number of nitrogens with one attached hydrogen (secondary N) is 3. The van der Waals surface area contributed by atoms with Crippen LogP contribution in [-0.4, -0.2) is 41.0 Å². The zero-order chi connectivity index (χ0) is 24.6. The van der Waals surface area contributed by atoms with Crippen LogP contribution >= 0.6 is 11.3 Å². The predicted molar refractivity (Wildman–Crippen MR) is 148 cm³/mol. The van der Waals surface area contributed by atoms with Crippen molar-refractivity contribution in [2.45, 2.75) is 27.7 Å². The van der Waals surface area contributed by atoms with E-state index in [4.69, 9.17) is 4.98 Å². The number of aromatic amines is 2. The van der Waals surface area contributed by atoms with Gasteiger partial charge in [-0.25, -0.2) is 9.97 Å². The number of amides is 1. The van der Waals surface area contributed by atoms with E-state index < -0.39 is 0 Å². The number of carbonyl (C=O) groups is 1. The summed E-state index contributed by atoms with van der Waals surface area (Å²) < 4.78 is 0. The number of pyridine rings is 3. The van der Waals surface area contributed by atoms with Gasteiger partial charge in [-0.2, -0.15) is 5.10 Å². The highest BCUT2D eigenvalue weighted by molar-refractivity contribution is 7.13. The summed E-state index contributed by atoms with van der Waals surface area (Å²) in [6.07, 6.45) is 9.21. The minimum absolute atomic E-state index is 0. The van der Waals surface area contributed by atoms with E-state index in [1.165, 1.54) is 0 Å². The summed E-state index contributed by atoms with van der Waals surface area (Å²) in [4.78, 5) is 34.8. The second kappa shape index (κ2) is 9.90. The molecule has 0 bridgehead atoms. The quantitative estimate of drug-likeness (QED) is 0.241. The van der Waals surface area contributed by atoms with E-state index in [-0.39, 0.29) is 19.3 Å². The first-order chi connectivity index (χ1) is 17.5. The lowest BCUT2D eigenvalue weighted by Gasteiger charge is -2.08. The molecule has 0 spiro atoms. The van der Waals surface area contributed by atoms with Gasteiger partial charge in [-0.3, -0.25) is 19.9 Å². The topological polar surface area (TPSA) is 125 Å². The van der Waals surface area contributed by atoms with Crippen LogP contribution in [-0.2, 0) is 4.79 Å². The lowest BCUT2D eigenvalue weighted by Crippen LogP contribution is -2.13. The number of fused-ring (bicyclic) bond motifs is 2. The third kappa shape index (κ3) is 4.70. The molecule has 37 heavy (non-hydrogen) atoms. The second-order valence-electron chi connectivity index (χ2n) is 8.95. The van der Waals surface area contributed by atoms with Gasteiger partial charge in [0.1, 0.15) is 11.2 Å². The average molecular weight is 511 g/mol. The minimum atomic E-state index is -0.0315. The first-order valence-electron chi connectivity index (χ1n) is 11.5. The molecule has 0 radical (unpaired) electrons. The van der Waals surface area contributed by atoms with Crippen molar-refractivity contribution in [3.8, 4) is 33.1 Å². The van der Waals surface area contributed by atoms with Crippen molar-refractivity contribution < 1.29 is 4.79 Å². The summed E-state index contributed by atoms with van der Waals surface area (Å²) in [5.41, 5.74) is 6.34. The molecule has 6 rings (SSSR count).